The third-order valence-corrected chi connectivity index (χ3v) is 6.94. The molecular formula is C19H29N3O4S. The van der Waals surface area contributed by atoms with E-state index in [-0.39, 0.29) is 29.2 Å². The highest BCUT2D eigenvalue weighted by atomic mass is 32.2. The zero-order valence-corrected chi connectivity index (χ0v) is 16.8. The van der Waals surface area contributed by atoms with Gasteiger partial charge in [-0.2, -0.15) is 4.31 Å². The molecule has 0 atom stereocenters. The van der Waals surface area contributed by atoms with Crippen molar-refractivity contribution in [3.63, 3.8) is 0 Å². The Morgan fingerprint density at radius 3 is 2.19 bits per heavy atom. The van der Waals surface area contributed by atoms with E-state index in [0.717, 1.165) is 25.7 Å². The van der Waals surface area contributed by atoms with Crippen LogP contribution in [-0.2, 0) is 19.6 Å². The molecule has 2 amide bonds. The molecule has 0 aliphatic heterocycles. The van der Waals surface area contributed by atoms with Crippen molar-refractivity contribution in [2.24, 2.45) is 5.92 Å². The van der Waals surface area contributed by atoms with Gasteiger partial charge in [0, 0.05) is 24.7 Å². The highest BCUT2D eigenvalue weighted by molar-refractivity contribution is 7.89. The highest BCUT2D eigenvalue weighted by Gasteiger charge is 2.22. The van der Waals surface area contributed by atoms with Crippen molar-refractivity contribution in [3.8, 4) is 0 Å². The Morgan fingerprint density at radius 2 is 1.63 bits per heavy atom. The Bertz CT molecular complexity index is 737. The van der Waals surface area contributed by atoms with Crippen molar-refractivity contribution in [2.75, 3.05) is 25.0 Å². The third-order valence-electron chi connectivity index (χ3n) is 4.88. The number of nitrogens with one attached hydrogen (secondary N) is 2. The monoisotopic (exact) mass is 395 g/mol. The number of nitrogens with zero attached hydrogens (tertiary/aromatic N) is 1. The number of hydrogen-bond donors (Lipinski definition) is 2. The number of carbonyl (C=O) groups is 2. The minimum Gasteiger partial charge on any atom is -0.347 e. The van der Waals surface area contributed by atoms with E-state index < -0.39 is 10.0 Å². The van der Waals surface area contributed by atoms with Crippen molar-refractivity contribution in [1.82, 2.24) is 9.62 Å². The van der Waals surface area contributed by atoms with E-state index in [9.17, 15) is 18.0 Å². The van der Waals surface area contributed by atoms with Crippen LogP contribution in [0.25, 0.3) is 0 Å². The SMILES string of the molecule is CCN(CC)S(=O)(=O)c1ccc(NC(=O)CNC(=O)C2CCCCC2)cc1. The van der Waals surface area contributed by atoms with Crippen LogP contribution in [0.4, 0.5) is 5.69 Å². The van der Waals surface area contributed by atoms with Crippen LogP contribution >= 0.6 is 0 Å². The predicted octanol–water partition coefficient (Wildman–Crippen LogP) is 2.35. The van der Waals surface area contributed by atoms with E-state index in [1.807, 2.05) is 0 Å². The lowest BCUT2D eigenvalue weighted by Crippen LogP contribution is -2.37. The van der Waals surface area contributed by atoms with Crippen molar-refractivity contribution in [2.45, 2.75) is 50.8 Å². The van der Waals surface area contributed by atoms with E-state index in [1.54, 1.807) is 26.0 Å². The summed E-state index contributed by atoms with van der Waals surface area (Å²) in [6.45, 7) is 4.29. The maximum Gasteiger partial charge on any atom is 0.243 e. The number of benzene rings is 1. The topological polar surface area (TPSA) is 95.6 Å². The molecule has 1 aromatic rings. The summed E-state index contributed by atoms with van der Waals surface area (Å²) in [5, 5.41) is 5.36. The first-order valence-corrected chi connectivity index (χ1v) is 11.0. The van der Waals surface area contributed by atoms with Gasteiger partial charge in [-0.3, -0.25) is 9.59 Å². The van der Waals surface area contributed by atoms with Crippen LogP contribution in [0.15, 0.2) is 29.2 Å². The first kappa shape index (κ1) is 21.4. The molecule has 0 unspecified atom stereocenters. The average molecular weight is 396 g/mol. The Labute approximate surface area is 161 Å². The molecule has 1 aliphatic carbocycles. The van der Waals surface area contributed by atoms with Gasteiger partial charge in [0.05, 0.1) is 11.4 Å². The quantitative estimate of drug-likeness (QED) is 0.706. The fourth-order valence-electron chi connectivity index (χ4n) is 3.30. The standard InChI is InChI=1S/C19H29N3O4S/c1-3-22(4-2)27(25,26)17-12-10-16(11-13-17)21-18(23)14-20-19(24)15-8-6-5-7-9-15/h10-13,15H,3-9,14H2,1-2H3,(H,20,24)(H,21,23). The highest BCUT2D eigenvalue weighted by Crippen LogP contribution is 2.23. The van der Waals surface area contributed by atoms with Crippen LogP contribution in [0, 0.1) is 5.92 Å². The number of amides is 2. The molecule has 1 aromatic carbocycles. The minimum atomic E-state index is -3.52. The van der Waals surface area contributed by atoms with Gasteiger partial charge >= 0.3 is 0 Å². The van der Waals surface area contributed by atoms with Gasteiger partial charge in [0.2, 0.25) is 21.8 Å². The zero-order valence-electron chi connectivity index (χ0n) is 16.0. The second kappa shape index (κ2) is 9.85. The Kier molecular flexibility index (Phi) is 7.79. The molecule has 0 spiro atoms. The summed E-state index contributed by atoms with van der Waals surface area (Å²) in [4.78, 5) is 24.3. The number of sulfonamides is 1. The summed E-state index contributed by atoms with van der Waals surface area (Å²) in [5.41, 5.74) is 0.491. The van der Waals surface area contributed by atoms with E-state index >= 15 is 0 Å². The lowest BCUT2D eigenvalue weighted by atomic mass is 9.89. The Balaban J connectivity index is 1.88. The molecule has 8 heteroatoms. The molecule has 1 saturated carbocycles. The molecule has 0 saturated heterocycles. The number of anilines is 1. The van der Waals surface area contributed by atoms with Gasteiger partial charge in [0.1, 0.15) is 0 Å². The minimum absolute atomic E-state index is 0.0103. The second-order valence-electron chi connectivity index (χ2n) is 6.71. The van der Waals surface area contributed by atoms with Crippen LogP contribution in [0.3, 0.4) is 0 Å². The Morgan fingerprint density at radius 1 is 1.04 bits per heavy atom. The average Bonchev–Trinajstić information content (AvgIpc) is 2.68. The maximum atomic E-state index is 12.4. The molecular weight excluding hydrogens is 366 g/mol. The normalized spacial score (nSPS) is 15.5. The fourth-order valence-corrected chi connectivity index (χ4v) is 4.76. The maximum absolute atomic E-state index is 12.4. The zero-order chi connectivity index (χ0) is 19.9. The smallest absolute Gasteiger partial charge is 0.243 e. The molecule has 2 rings (SSSR count). The molecule has 27 heavy (non-hydrogen) atoms. The van der Waals surface area contributed by atoms with E-state index in [2.05, 4.69) is 10.6 Å². The molecule has 7 nitrogen and oxygen atoms in total. The molecule has 0 aromatic heterocycles. The number of rotatable bonds is 8. The van der Waals surface area contributed by atoms with Gasteiger partial charge in [-0.15, -0.1) is 0 Å². The van der Waals surface area contributed by atoms with Crippen LogP contribution in [0.1, 0.15) is 46.0 Å². The lowest BCUT2D eigenvalue weighted by molar-refractivity contribution is -0.128. The molecule has 1 aliphatic rings. The third kappa shape index (κ3) is 5.77. The fraction of sp³-hybridized carbons (Fsp3) is 0.579. The van der Waals surface area contributed by atoms with E-state index in [4.69, 9.17) is 0 Å². The summed E-state index contributed by atoms with van der Waals surface area (Å²) in [6.07, 6.45) is 5.07. The number of hydrogen-bond acceptors (Lipinski definition) is 4. The van der Waals surface area contributed by atoms with Crippen LogP contribution < -0.4 is 10.6 Å². The first-order valence-electron chi connectivity index (χ1n) is 9.56. The van der Waals surface area contributed by atoms with Gasteiger partial charge in [0.15, 0.2) is 0 Å². The molecule has 0 bridgehead atoms. The van der Waals surface area contributed by atoms with Crippen molar-refractivity contribution in [3.05, 3.63) is 24.3 Å². The van der Waals surface area contributed by atoms with Gasteiger partial charge in [-0.05, 0) is 37.1 Å². The van der Waals surface area contributed by atoms with Gasteiger partial charge < -0.3 is 10.6 Å². The molecule has 150 valence electrons. The summed E-state index contributed by atoms with van der Waals surface area (Å²) < 4.78 is 26.3. The molecule has 0 heterocycles. The second-order valence-corrected chi connectivity index (χ2v) is 8.65. The largest absolute Gasteiger partial charge is 0.347 e. The number of carbonyl (C=O) groups excluding carboxylic acids is 2. The van der Waals surface area contributed by atoms with E-state index in [1.165, 1.54) is 22.9 Å². The van der Waals surface area contributed by atoms with E-state index in [0.29, 0.717) is 18.8 Å². The molecule has 0 radical (unpaired) electrons. The van der Waals surface area contributed by atoms with Crippen molar-refractivity contribution >= 4 is 27.5 Å². The van der Waals surface area contributed by atoms with Gasteiger partial charge in [0.25, 0.3) is 0 Å². The van der Waals surface area contributed by atoms with Crippen molar-refractivity contribution < 1.29 is 18.0 Å². The van der Waals surface area contributed by atoms with Crippen LogP contribution in [0.5, 0.6) is 0 Å². The van der Waals surface area contributed by atoms with Gasteiger partial charge in [-0.25, -0.2) is 8.42 Å². The summed E-state index contributed by atoms with van der Waals surface area (Å²) in [7, 11) is -3.52. The molecule has 1 fully saturated rings. The van der Waals surface area contributed by atoms with Crippen LogP contribution in [0.2, 0.25) is 0 Å². The van der Waals surface area contributed by atoms with Crippen LogP contribution in [-0.4, -0.2) is 44.2 Å². The first-order chi connectivity index (χ1) is 12.9. The van der Waals surface area contributed by atoms with Crippen molar-refractivity contribution in [1.29, 1.82) is 0 Å². The molecule has 2 N–H and O–H groups in total. The summed E-state index contributed by atoms with van der Waals surface area (Å²) in [5.74, 6) is -0.389. The summed E-state index contributed by atoms with van der Waals surface area (Å²) in [6, 6.07) is 6.06. The predicted molar refractivity (Wildman–Crippen MR) is 105 cm³/mol. The lowest BCUT2D eigenvalue weighted by Gasteiger charge is -2.20. The Hall–Kier alpha value is -1.93. The van der Waals surface area contributed by atoms with Gasteiger partial charge in [-0.1, -0.05) is 33.1 Å². The summed E-state index contributed by atoms with van der Waals surface area (Å²) >= 11 is 0.